The average molecular weight is 280 g/mol. The number of ether oxygens (including phenoxy) is 3. The van der Waals surface area contributed by atoms with Crippen LogP contribution in [0.5, 0.6) is 17.2 Å². The van der Waals surface area contributed by atoms with Crippen molar-refractivity contribution in [1.82, 2.24) is 5.32 Å². The first kappa shape index (κ1) is 14.5. The van der Waals surface area contributed by atoms with Gasteiger partial charge in [-0.1, -0.05) is 0 Å². The Morgan fingerprint density at radius 1 is 1.20 bits per heavy atom. The highest BCUT2D eigenvalue weighted by atomic mass is 16.5. The minimum Gasteiger partial charge on any atom is -0.493 e. The predicted octanol–water partition coefficient (Wildman–Crippen LogP) is 1.26. The summed E-state index contributed by atoms with van der Waals surface area (Å²) in [5, 5.41) is 6.00. The Kier molecular flexibility index (Phi) is 4.68. The average Bonchev–Trinajstić information content (AvgIpc) is 2.41. The van der Waals surface area contributed by atoms with Gasteiger partial charge in [0.25, 0.3) is 0 Å². The van der Waals surface area contributed by atoms with E-state index in [1.807, 2.05) is 0 Å². The highest BCUT2D eigenvalue weighted by Crippen LogP contribution is 2.39. The molecule has 20 heavy (non-hydrogen) atoms. The fraction of sp³-hybridized carbons (Fsp3) is 0.500. The number of methoxy groups -OCH3 is 3. The molecule has 0 bridgehead atoms. The van der Waals surface area contributed by atoms with Gasteiger partial charge in [-0.3, -0.25) is 4.79 Å². The summed E-state index contributed by atoms with van der Waals surface area (Å²) in [6, 6.07) is 3.44. The Bertz CT molecular complexity index is 461. The third-order valence-electron chi connectivity index (χ3n) is 3.29. The molecule has 1 amide bonds. The van der Waals surface area contributed by atoms with Gasteiger partial charge in [-0.2, -0.15) is 0 Å². The van der Waals surface area contributed by atoms with E-state index in [9.17, 15) is 4.79 Å². The Labute approximate surface area is 118 Å². The maximum atomic E-state index is 11.9. The van der Waals surface area contributed by atoms with E-state index in [1.54, 1.807) is 33.5 Å². The first-order valence-electron chi connectivity index (χ1n) is 6.48. The number of rotatable bonds is 6. The fourth-order valence-electron chi connectivity index (χ4n) is 2.12. The highest BCUT2D eigenvalue weighted by Gasteiger charge is 2.21. The van der Waals surface area contributed by atoms with Gasteiger partial charge in [0, 0.05) is 24.2 Å². The van der Waals surface area contributed by atoms with Crippen molar-refractivity contribution < 1.29 is 19.0 Å². The molecule has 1 fully saturated rings. The molecule has 1 saturated heterocycles. The molecule has 0 saturated carbocycles. The maximum absolute atomic E-state index is 11.9. The van der Waals surface area contributed by atoms with Crippen LogP contribution >= 0.6 is 0 Å². The molecule has 1 aromatic rings. The van der Waals surface area contributed by atoms with Crippen molar-refractivity contribution in [3.8, 4) is 17.2 Å². The number of amides is 1. The summed E-state index contributed by atoms with van der Waals surface area (Å²) in [4.78, 5) is 11.9. The molecular formula is C14H20N2O4. The number of hydrogen-bond acceptors (Lipinski definition) is 5. The van der Waals surface area contributed by atoms with E-state index in [-0.39, 0.29) is 5.91 Å². The lowest BCUT2D eigenvalue weighted by atomic mass is 9.99. The van der Waals surface area contributed by atoms with Crippen LogP contribution in [-0.4, -0.2) is 40.3 Å². The number of carbonyl (C=O) groups excluding carboxylic acids is 1. The quantitative estimate of drug-likeness (QED) is 0.821. The minimum atomic E-state index is -0.00854. The second-order valence-corrected chi connectivity index (χ2v) is 4.69. The van der Waals surface area contributed by atoms with Crippen molar-refractivity contribution in [2.24, 2.45) is 5.92 Å². The molecule has 1 aliphatic rings. The van der Waals surface area contributed by atoms with Crippen molar-refractivity contribution in [3.63, 3.8) is 0 Å². The molecule has 0 aliphatic carbocycles. The molecule has 1 heterocycles. The fourth-order valence-corrected chi connectivity index (χ4v) is 2.12. The Morgan fingerprint density at radius 3 is 2.20 bits per heavy atom. The predicted molar refractivity (Wildman–Crippen MR) is 75.7 cm³/mol. The van der Waals surface area contributed by atoms with Crippen LogP contribution < -0.4 is 24.8 Å². The van der Waals surface area contributed by atoms with Crippen molar-refractivity contribution >= 4 is 11.6 Å². The Morgan fingerprint density at radius 2 is 1.80 bits per heavy atom. The summed E-state index contributed by atoms with van der Waals surface area (Å²) in [6.45, 7) is 1.81. The van der Waals surface area contributed by atoms with E-state index in [0.29, 0.717) is 35.3 Å². The molecule has 1 aromatic carbocycles. The zero-order valence-electron chi connectivity index (χ0n) is 12.0. The molecule has 110 valence electrons. The minimum absolute atomic E-state index is 0.00854. The summed E-state index contributed by atoms with van der Waals surface area (Å²) in [6.07, 6.45) is 0.518. The molecule has 6 nitrogen and oxygen atoms in total. The highest BCUT2D eigenvalue weighted by molar-refractivity contribution is 5.91. The van der Waals surface area contributed by atoms with Gasteiger partial charge in [-0.05, 0) is 19.0 Å². The maximum Gasteiger partial charge on any atom is 0.224 e. The lowest BCUT2D eigenvalue weighted by Crippen LogP contribution is -2.43. The van der Waals surface area contributed by atoms with Gasteiger partial charge in [-0.25, -0.2) is 0 Å². The van der Waals surface area contributed by atoms with Gasteiger partial charge >= 0.3 is 0 Å². The van der Waals surface area contributed by atoms with E-state index in [2.05, 4.69) is 10.6 Å². The standard InChI is InChI=1S/C14H20N2O4/c1-18-11-5-10(6-12(19-2)14(11)20-3)16-13(17)4-9-7-15-8-9/h5-6,9,15H,4,7-8H2,1-3H3,(H,16,17). The van der Waals surface area contributed by atoms with Crippen molar-refractivity contribution in [1.29, 1.82) is 0 Å². The van der Waals surface area contributed by atoms with Crippen LogP contribution in [0.2, 0.25) is 0 Å². The second-order valence-electron chi connectivity index (χ2n) is 4.69. The molecule has 0 radical (unpaired) electrons. The molecule has 2 rings (SSSR count). The third-order valence-corrected chi connectivity index (χ3v) is 3.29. The molecule has 6 heteroatoms. The van der Waals surface area contributed by atoms with Gasteiger partial charge in [-0.15, -0.1) is 0 Å². The number of benzene rings is 1. The second kappa shape index (κ2) is 6.47. The van der Waals surface area contributed by atoms with E-state index < -0.39 is 0 Å². The van der Waals surface area contributed by atoms with Gasteiger partial charge in [0.15, 0.2) is 11.5 Å². The number of nitrogens with one attached hydrogen (secondary N) is 2. The van der Waals surface area contributed by atoms with Crippen LogP contribution in [0, 0.1) is 5.92 Å². The van der Waals surface area contributed by atoms with Crippen molar-refractivity contribution in [2.75, 3.05) is 39.7 Å². The first-order valence-corrected chi connectivity index (χ1v) is 6.48. The molecule has 2 N–H and O–H groups in total. The van der Waals surface area contributed by atoms with E-state index >= 15 is 0 Å². The molecule has 1 aliphatic heterocycles. The van der Waals surface area contributed by atoms with Crippen LogP contribution in [0.25, 0.3) is 0 Å². The van der Waals surface area contributed by atoms with Gasteiger partial charge < -0.3 is 24.8 Å². The van der Waals surface area contributed by atoms with Gasteiger partial charge in [0.05, 0.1) is 21.3 Å². The van der Waals surface area contributed by atoms with E-state index in [0.717, 1.165) is 13.1 Å². The molecule has 0 spiro atoms. The van der Waals surface area contributed by atoms with E-state index in [4.69, 9.17) is 14.2 Å². The summed E-state index contributed by atoms with van der Waals surface area (Å²) in [7, 11) is 4.63. The SMILES string of the molecule is COc1cc(NC(=O)CC2CNC2)cc(OC)c1OC. The van der Waals surface area contributed by atoms with Crippen LogP contribution in [-0.2, 0) is 4.79 Å². The summed E-state index contributed by atoms with van der Waals surface area (Å²) in [5.74, 6) is 1.97. The van der Waals surface area contributed by atoms with E-state index in [1.165, 1.54) is 0 Å². The lowest BCUT2D eigenvalue weighted by Gasteiger charge is -2.26. The molecule has 0 atom stereocenters. The number of carbonyl (C=O) groups is 1. The van der Waals surface area contributed by atoms with Crippen molar-refractivity contribution in [3.05, 3.63) is 12.1 Å². The van der Waals surface area contributed by atoms with Crippen LogP contribution in [0.1, 0.15) is 6.42 Å². The summed E-state index contributed by atoms with van der Waals surface area (Å²) < 4.78 is 15.7. The van der Waals surface area contributed by atoms with Crippen molar-refractivity contribution in [2.45, 2.75) is 6.42 Å². The summed E-state index contributed by atoms with van der Waals surface area (Å²) in [5.41, 5.74) is 0.636. The van der Waals surface area contributed by atoms with Gasteiger partial charge in [0.1, 0.15) is 0 Å². The molecule has 0 unspecified atom stereocenters. The monoisotopic (exact) mass is 280 g/mol. The summed E-state index contributed by atoms with van der Waals surface area (Å²) >= 11 is 0. The Hall–Kier alpha value is -1.95. The zero-order valence-corrected chi connectivity index (χ0v) is 12.0. The van der Waals surface area contributed by atoms with Crippen LogP contribution in [0.4, 0.5) is 5.69 Å². The topological polar surface area (TPSA) is 68.8 Å². The molecule has 0 aromatic heterocycles. The molecular weight excluding hydrogens is 260 g/mol. The third kappa shape index (κ3) is 3.14. The first-order chi connectivity index (χ1) is 9.67. The largest absolute Gasteiger partial charge is 0.493 e. The normalized spacial score (nSPS) is 14.3. The zero-order chi connectivity index (χ0) is 14.5. The number of anilines is 1. The Balaban J connectivity index is 2.12. The lowest BCUT2D eigenvalue weighted by molar-refractivity contribution is -0.117. The van der Waals surface area contributed by atoms with Crippen LogP contribution in [0.15, 0.2) is 12.1 Å². The van der Waals surface area contributed by atoms with Crippen LogP contribution in [0.3, 0.4) is 0 Å². The number of hydrogen-bond donors (Lipinski definition) is 2. The smallest absolute Gasteiger partial charge is 0.224 e. The van der Waals surface area contributed by atoms with Gasteiger partial charge in [0.2, 0.25) is 11.7 Å².